The van der Waals surface area contributed by atoms with Crippen LogP contribution in [0.2, 0.25) is 0 Å². The number of nitrogens with zero attached hydrogens (tertiary/aromatic N) is 1. The van der Waals surface area contributed by atoms with Gasteiger partial charge in [-0.1, -0.05) is 6.92 Å². The van der Waals surface area contributed by atoms with Crippen molar-refractivity contribution in [2.24, 2.45) is 5.92 Å². The third kappa shape index (κ3) is 3.41. The van der Waals surface area contributed by atoms with Gasteiger partial charge >= 0.3 is 0 Å². The number of hydrogen-bond donors (Lipinski definition) is 2. The van der Waals surface area contributed by atoms with E-state index in [1.165, 1.54) is 4.31 Å². The highest BCUT2D eigenvalue weighted by atomic mass is 32.2. The van der Waals surface area contributed by atoms with E-state index in [-0.39, 0.29) is 17.8 Å². The van der Waals surface area contributed by atoms with E-state index in [1.807, 2.05) is 6.92 Å². The van der Waals surface area contributed by atoms with Crippen molar-refractivity contribution in [1.82, 2.24) is 9.62 Å². The predicted octanol–water partition coefficient (Wildman–Crippen LogP) is -0.762. The molecular formula is C9H20N2O3S. The molecule has 1 rings (SSSR count). The van der Waals surface area contributed by atoms with Crippen molar-refractivity contribution in [2.45, 2.75) is 19.4 Å². The second-order valence-electron chi connectivity index (χ2n) is 4.11. The first-order valence-electron chi connectivity index (χ1n) is 5.28. The van der Waals surface area contributed by atoms with Crippen LogP contribution in [0, 0.1) is 5.92 Å². The maximum absolute atomic E-state index is 11.8. The quantitative estimate of drug-likeness (QED) is 0.673. The molecule has 2 N–H and O–H groups in total. The highest BCUT2D eigenvalue weighted by Gasteiger charge is 2.30. The van der Waals surface area contributed by atoms with Gasteiger partial charge in [0.15, 0.2) is 0 Å². The summed E-state index contributed by atoms with van der Waals surface area (Å²) in [6, 6.07) is 0. The largest absolute Gasteiger partial charge is 0.393 e. The van der Waals surface area contributed by atoms with Crippen LogP contribution in [0.25, 0.3) is 0 Å². The van der Waals surface area contributed by atoms with Crippen LogP contribution in [0.4, 0.5) is 0 Å². The van der Waals surface area contributed by atoms with Crippen molar-refractivity contribution >= 4 is 10.0 Å². The minimum atomic E-state index is -3.14. The first kappa shape index (κ1) is 12.9. The van der Waals surface area contributed by atoms with E-state index in [0.717, 1.165) is 0 Å². The van der Waals surface area contributed by atoms with E-state index in [2.05, 4.69) is 5.32 Å². The Morgan fingerprint density at radius 2 is 2.20 bits per heavy atom. The minimum absolute atomic E-state index is 0.0307. The van der Waals surface area contributed by atoms with Gasteiger partial charge in [0.2, 0.25) is 10.0 Å². The average molecular weight is 236 g/mol. The molecule has 1 saturated heterocycles. The molecule has 0 bridgehead atoms. The Hall–Kier alpha value is -0.170. The lowest BCUT2D eigenvalue weighted by Gasteiger charge is -2.33. The Bertz CT molecular complexity index is 292. The van der Waals surface area contributed by atoms with Gasteiger partial charge < -0.3 is 10.4 Å². The van der Waals surface area contributed by atoms with Crippen LogP contribution in [0.3, 0.4) is 0 Å². The van der Waals surface area contributed by atoms with E-state index < -0.39 is 10.0 Å². The molecule has 0 aromatic carbocycles. The Morgan fingerprint density at radius 1 is 1.53 bits per heavy atom. The van der Waals surface area contributed by atoms with Crippen molar-refractivity contribution in [3.63, 3.8) is 0 Å². The van der Waals surface area contributed by atoms with Crippen molar-refractivity contribution in [2.75, 3.05) is 32.4 Å². The molecule has 90 valence electrons. The van der Waals surface area contributed by atoms with Gasteiger partial charge in [0.05, 0.1) is 11.9 Å². The van der Waals surface area contributed by atoms with Crippen molar-refractivity contribution in [3.05, 3.63) is 0 Å². The third-order valence-corrected chi connectivity index (χ3v) is 4.66. The summed E-state index contributed by atoms with van der Waals surface area (Å²) in [5, 5.41) is 12.3. The molecule has 1 aliphatic rings. The molecule has 0 aromatic rings. The summed E-state index contributed by atoms with van der Waals surface area (Å²) >= 11 is 0. The number of sulfonamides is 1. The SMILES string of the molecule is CNCCS(=O)(=O)N1CCC(O)C(C)C1. The fourth-order valence-electron chi connectivity index (χ4n) is 1.71. The topological polar surface area (TPSA) is 69.6 Å². The molecule has 0 aromatic heterocycles. The summed E-state index contributed by atoms with van der Waals surface area (Å²) in [5.41, 5.74) is 0. The lowest BCUT2D eigenvalue weighted by Crippen LogP contribution is -2.46. The number of aliphatic hydroxyl groups is 1. The van der Waals surface area contributed by atoms with Crippen LogP contribution >= 0.6 is 0 Å². The van der Waals surface area contributed by atoms with Gasteiger partial charge in [-0.25, -0.2) is 12.7 Å². The molecule has 0 amide bonds. The van der Waals surface area contributed by atoms with E-state index in [1.54, 1.807) is 7.05 Å². The normalized spacial score (nSPS) is 29.3. The summed E-state index contributed by atoms with van der Waals surface area (Å²) in [4.78, 5) is 0. The molecule has 0 saturated carbocycles. The number of aliphatic hydroxyl groups excluding tert-OH is 1. The summed E-state index contributed by atoms with van der Waals surface area (Å²) in [7, 11) is -1.41. The zero-order chi connectivity index (χ0) is 11.5. The maximum atomic E-state index is 11.8. The van der Waals surface area contributed by atoms with Crippen LogP contribution in [-0.2, 0) is 10.0 Å². The molecule has 2 unspecified atom stereocenters. The molecule has 15 heavy (non-hydrogen) atoms. The first-order chi connectivity index (χ1) is 6.97. The van der Waals surface area contributed by atoms with Gasteiger partial charge in [-0.2, -0.15) is 0 Å². The van der Waals surface area contributed by atoms with E-state index in [4.69, 9.17) is 0 Å². The Kier molecular flexibility index (Phi) is 4.51. The van der Waals surface area contributed by atoms with Crippen LogP contribution in [-0.4, -0.2) is 56.4 Å². The summed E-state index contributed by atoms with van der Waals surface area (Å²) in [6.07, 6.45) is 0.181. The molecule has 0 spiro atoms. The molecule has 1 aliphatic heterocycles. The number of nitrogens with one attached hydrogen (secondary N) is 1. The van der Waals surface area contributed by atoms with Gasteiger partial charge in [-0.05, 0) is 19.4 Å². The summed E-state index contributed by atoms with van der Waals surface area (Å²) in [5.74, 6) is 0.162. The highest BCUT2D eigenvalue weighted by Crippen LogP contribution is 2.19. The molecule has 2 atom stereocenters. The van der Waals surface area contributed by atoms with Gasteiger partial charge in [0.1, 0.15) is 0 Å². The van der Waals surface area contributed by atoms with Gasteiger partial charge in [0.25, 0.3) is 0 Å². The van der Waals surface area contributed by atoms with Crippen LogP contribution < -0.4 is 5.32 Å². The fraction of sp³-hybridized carbons (Fsp3) is 1.00. The second-order valence-corrected chi connectivity index (χ2v) is 6.20. The third-order valence-electron chi connectivity index (χ3n) is 2.83. The van der Waals surface area contributed by atoms with Gasteiger partial charge in [-0.3, -0.25) is 0 Å². The zero-order valence-corrected chi connectivity index (χ0v) is 10.1. The average Bonchev–Trinajstić information content (AvgIpc) is 2.19. The van der Waals surface area contributed by atoms with Crippen LogP contribution in [0.15, 0.2) is 0 Å². The summed E-state index contributed by atoms with van der Waals surface area (Å²) < 4.78 is 25.1. The van der Waals surface area contributed by atoms with E-state index in [0.29, 0.717) is 26.1 Å². The molecular weight excluding hydrogens is 216 g/mol. The minimum Gasteiger partial charge on any atom is -0.393 e. The Balaban J connectivity index is 2.57. The highest BCUT2D eigenvalue weighted by molar-refractivity contribution is 7.89. The molecule has 1 heterocycles. The monoisotopic (exact) mass is 236 g/mol. The first-order valence-corrected chi connectivity index (χ1v) is 6.89. The van der Waals surface area contributed by atoms with E-state index >= 15 is 0 Å². The molecule has 5 nitrogen and oxygen atoms in total. The molecule has 1 fully saturated rings. The van der Waals surface area contributed by atoms with Crippen molar-refractivity contribution in [3.8, 4) is 0 Å². The van der Waals surface area contributed by atoms with Crippen LogP contribution in [0.1, 0.15) is 13.3 Å². The standard InChI is InChI=1S/C9H20N2O3S/c1-8-7-11(5-3-9(8)12)15(13,14)6-4-10-2/h8-10,12H,3-7H2,1-2H3. The van der Waals surface area contributed by atoms with E-state index in [9.17, 15) is 13.5 Å². The van der Waals surface area contributed by atoms with Crippen LogP contribution in [0.5, 0.6) is 0 Å². The number of rotatable bonds is 4. The Labute approximate surface area is 91.5 Å². The molecule has 0 radical (unpaired) electrons. The lowest BCUT2D eigenvalue weighted by molar-refractivity contribution is 0.0629. The van der Waals surface area contributed by atoms with Crippen molar-refractivity contribution in [1.29, 1.82) is 0 Å². The zero-order valence-electron chi connectivity index (χ0n) is 9.31. The summed E-state index contributed by atoms with van der Waals surface area (Å²) in [6.45, 7) is 3.23. The molecule has 6 heteroatoms. The van der Waals surface area contributed by atoms with Crippen molar-refractivity contribution < 1.29 is 13.5 Å². The van der Waals surface area contributed by atoms with Gasteiger partial charge in [0, 0.05) is 19.6 Å². The Morgan fingerprint density at radius 3 is 2.73 bits per heavy atom. The maximum Gasteiger partial charge on any atom is 0.215 e. The second kappa shape index (κ2) is 5.25. The van der Waals surface area contributed by atoms with Gasteiger partial charge in [-0.15, -0.1) is 0 Å². The smallest absolute Gasteiger partial charge is 0.215 e. The molecule has 0 aliphatic carbocycles. The fourth-order valence-corrected chi connectivity index (χ4v) is 3.27. The number of piperidine rings is 1. The lowest BCUT2D eigenvalue weighted by atomic mass is 9.99. The number of hydrogen-bond acceptors (Lipinski definition) is 4. The predicted molar refractivity (Wildman–Crippen MR) is 59.1 cm³/mol.